The van der Waals surface area contributed by atoms with Crippen LogP contribution in [0.4, 0.5) is 8.78 Å². The number of hydrogen-bond donors (Lipinski definition) is 1. The van der Waals surface area contributed by atoms with Crippen LogP contribution >= 0.6 is 0 Å². The lowest BCUT2D eigenvalue weighted by molar-refractivity contribution is 0.490. The van der Waals surface area contributed by atoms with Crippen molar-refractivity contribution in [1.29, 1.82) is 0 Å². The van der Waals surface area contributed by atoms with Crippen molar-refractivity contribution in [3.63, 3.8) is 0 Å². The van der Waals surface area contributed by atoms with Crippen molar-refractivity contribution in [3.8, 4) is 0 Å². The number of nitrogens with one attached hydrogen (secondary N) is 1. The molecule has 0 saturated carbocycles. The zero-order valence-electron chi connectivity index (χ0n) is 9.80. The maximum Gasteiger partial charge on any atom is 0.160 e. The summed E-state index contributed by atoms with van der Waals surface area (Å²) in [5.41, 5.74) is 0.635. The second-order valence-corrected chi connectivity index (χ2v) is 5.72. The van der Waals surface area contributed by atoms with E-state index in [0.29, 0.717) is 23.4 Å². The smallest absolute Gasteiger partial charge is 0.160 e. The molecule has 1 aromatic rings. The molecule has 2 rings (SSSR count). The van der Waals surface area contributed by atoms with Gasteiger partial charge >= 0.3 is 0 Å². The van der Waals surface area contributed by atoms with E-state index in [1.54, 1.807) is 0 Å². The molecule has 0 bridgehead atoms. The van der Waals surface area contributed by atoms with Crippen molar-refractivity contribution < 1.29 is 13.0 Å². The molecule has 0 fully saturated rings. The average molecular weight is 259 g/mol. The lowest BCUT2D eigenvalue weighted by Crippen LogP contribution is -2.29. The third-order valence-electron chi connectivity index (χ3n) is 3.08. The molecule has 1 aliphatic rings. The van der Waals surface area contributed by atoms with Crippen LogP contribution in [0, 0.1) is 11.6 Å². The molecule has 1 aromatic carbocycles. The Labute approximate surface area is 102 Å². The summed E-state index contributed by atoms with van der Waals surface area (Å²) in [6.07, 6.45) is 0.711. The third kappa shape index (κ3) is 2.02. The predicted octanol–water partition coefficient (Wildman–Crippen LogP) is 2.52. The van der Waals surface area contributed by atoms with Gasteiger partial charge in [-0.3, -0.25) is 4.21 Å². The van der Waals surface area contributed by atoms with Crippen LogP contribution in [0.1, 0.15) is 31.9 Å². The Balaban J connectivity index is 2.51. The summed E-state index contributed by atoms with van der Waals surface area (Å²) in [5.74, 6) is -1.80. The molecule has 0 saturated heterocycles. The van der Waals surface area contributed by atoms with Gasteiger partial charge in [-0.05, 0) is 30.7 Å². The number of fused-ring (bicyclic) bond motifs is 1. The van der Waals surface area contributed by atoms with Crippen molar-refractivity contribution >= 4 is 10.8 Å². The average Bonchev–Trinajstić information content (AvgIpc) is 2.54. The molecular weight excluding hydrogens is 244 g/mol. The van der Waals surface area contributed by atoms with Crippen molar-refractivity contribution in [1.82, 2.24) is 5.32 Å². The Hall–Kier alpha value is -0.810. The summed E-state index contributed by atoms with van der Waals surface area (Å²) in [5, 5.41) is 3.09. The maximum atomic E-state index is 13.2. The fraction of sp³-hybridized carbons (Fsp3) is 0.500. The van der Waals surface area contributed by atoms with Crippen LogP contribution in [0.3, 0.4) is 0 Å². The van der Waals surface area contributed by atoms with Gasteiger partial charge in [0, 0.05) is 10.9 Å². The summed E-state index contributed by atoms with van der Waals surface area (Å²) in [7, 11) is -1.25. The number of hydrogen-bond acceptors (Lipinski definition) is 2. The van der Waals surface area contributed by atoms with E-state index in [2.05, 4.69) is 5.32 Å². The maximum absolute atomic E-state index is 13.2. The molecule has 0 amide bonds. The highest BCUT2D eigenvalue weighted by Crippen LogP contribution is 2.38. The van der Waals surface area contributed by atoms with E-state index in [-0.39, 0.29) is 11.3 Å². The van der Waals surface area contributed by atoms with Gasteiger partial charge in [0.1, 0.15) is 0 Å². The summed E-state index contributed by atoms with van der Waals surface area (Å²) in [6, 6.07) is 2.10. The molecule has 5 heteroatoms. The van der Waals surface area contributed by atoms with Gasteiger partial charge in [-0.2, -0.15) is 0 Å². The monoisotopic (exact) mass is 259 g/mol. The molecule has 1 heterocycles. The first-order chi connectivity index (χ1) is 8.10. The molecule has 0 radical (unpaired) electrons. The van der Waals surface area contributed by atoms with Crippen LogP contribution < -0.4 is 5.32 Å². The molecule has 3 atom stereocenters. The SMILES string of the molecule is CCNC1c2cc(F)c(F)cc2S(=O)C1CC. The van der Waals surface area contributed by atoms with E-state index < -0.39 is 22.4 Å². The summed E-state index contributed by atoms with van der Waals surface area (Å²) >= 11 is 0. The topological polar surface area (TPSA) is 29.1 Å². The van der Waals surface area contributed by atoms with E-state index >= 15 is 0 Å². The molecule has 94 valence electrons. The summed E-state index contributed by atoms with van der Waals surface area (Å²) in [4.78, 5) is 0.432. The van der Waals surface area contributed by atoms with Crippen LogP contribution in [-0.4, -0.2) is 16.0 Å². The second-order valence-electron chi connectivity index (χ2n) is 4.08. The summed E-state index contributed by atoms with van der Waals surface area (Å²) in [6.45, 7) is 4.58. The molecule has 0 aromatic heterocycles. The van der Waals surface area contributed by atoms with E-state index in [0.717, 1.165) is 6.07 Å². The Morgan fingerprint density at radius 1 is 1.29 bits per heavy atom. The highest BCUT2D eigenvalue weighted by Gasteiger charge is 2.38. The Bertz CT molecular complexity index is 464. The number of benzene rings is 1. The first-order valence-corrected chi connectivity index (χ1v) is 6.94. The molecule has 0 spiro atoms. The quantitative estimate of drug-likeness (QED) is 0.903. The predicted molar refractivity (Wildman–Crippen MR) is 63.3 cm³/mol. The lowest BCUT2D eigenvalue weighted by atomic mass is 10.0. The van der Waals surface area contributed by atoms with Gasteiger partial charge in [0.25, 0.3) is 0 Å². The fourth-order valence-electron chi connectivity index (χ4n) is 2.30. The van der Waals surface area contributed by atoms with Crippen molar-refractivity contribution in [2.75, 3.05) is 6.54 Å². The Kier molecular flexibility index (Phi) is 3.58. The van der Waals surface area contributed by atoms with E-state index in [1.807, 2.05) is 13.8 Å². The van der Waals surface area contributed by atoms with Gasteiger partial charge < -0.3 is 5.32 Å². The van der Waals surface area contributed by atoms with Crippen molar-refractivity contribution in [3.05, 3.63) is 29.3 Å². The van der Waals surface area contributed by atoms with E-state index in [9.17, 15) is 13.0 Å². The standard InChI is InChI=1S/C12H15F2NOS/c1-3-10-12(15-4-2)7-5-8(13)9(14)6-11(7)17(10)16/h5-6,10,12,15H,3-4H2,1-2H3. The Morgan fingerprint density at radius 3 is 2.53 bits per heavy atom. The fourth-order valence-corrected chi connectivity index (χ4v) is 4.05. The highest BCUT2D eigenvalue weighted by molar-refractivity contribution is 7.86. The van der Waals surface area contributed by atoms with E-state index in [1.165, 1.54) is 6.07 Å². The highest BCUT2D eigenvalue weighted by atomic mass is 32.2. The van der Waals surface area contributed by atoms with Crippen molar-refractivity contribution in [2.45, 2.75) is 36.5 Å². The van der Waals surface area contributed by atoms with Crippen LogP contribution in [0.15, 0.2) is 17.0 Å². The molecule has 17 heavy (non-hydrogen) atoms. The lowest BCUT2D eigenvalue weighted by Gasteiger charge is -2.18. The molecule has 1 N–H and O–H groups in total. The second kappa shape index (κ2) is 4.82. The van der Waals surface area contributed by atoms with Gasteiger partial charge in [-0.25, -0.2) is 8.78 Å². The van der Waals surface area contributed by atoms with Crippen LogP contribution in [0.5, 0.6) is 0 Å². The number of rotatable bonds is 3. The van der Waals surface area contributed by atoms with Gasteiger partial charge in [0.15, 0.2) is 11.6 Å². The normalized spacial score (nSPS) is 27.2. The van der Waals surface area contributed by atoms with Crippen LogP contribution in [0.2, 0.25) is 0 Å². The molecule has 1 aliphatic heterocycles. The minimum absolute atomic E-state index is 0.105. The third-order valence-corrected chi connectivity index (χ3v) is 5.02. The zero-order valence-corrected chi connectivity index (χ0v) is 10.6. The first kappa shape index (κ1) is 12.6. The molecule has 2 nitrogen and oxygen atoms in total. The molecule has 3 unspecified atom stereocenters. The van der Waals surface area contributed by atoms with Crippen molar-refractivity contribution in [2.24, 2.45) is 0 Å². The van der Waals surface area contributed by atoms with Crippen LogP contribution in [0.25, 0.3) is 0 Å². The van der Waals surface area contributed by atoms with Gasteiger partial charge in [0.2, 0.25) is 0 Å². The van der Waals surface area contributed by atoms with E-state index in [4.69, 9.17) is 0 Å². The molecule has 0 aliphatic carbocycles. The van der Waals surface area contributed by atoms with Gasteiger partial charge in [0.05, 0.1) is 16.0 Å². The summed E-state index contributed by atoms with van der Waals surface area (Å²) < 4.78 is 38.6. The minimum Gasteiger partial charge on any atom is -0.309 e. The minimum atomic E-state index is -1.25. The first-order valence-electron chi connectivity index (χ1n) is 5.73. The molecular formula is C12H15F2NOS. The number of halogens is 2. The van der Waals surface area contributed by atoms with Gasteiger partial charge in [-0.15, -0.1) is 0 Å². The van der Waals surface area contributed by atoms with Gasteiger partial charge in [-0.1, -0.05) is 13.8 Å². The largest absolute Gasteiger partial charge is 0.309 e. The zero-order chi connectivity index (χ0) is 12.6. The Morgan fingerprint density at radius 2 is 1.94 bits per heavy atom. The van der Waals surface area contributed by atoms with Crippen LogP contribution in [-0.2, 0) is 10.8 Å².